The topological polar surface area (TPSA) is 46.9 Å². The Kier molecular flexibility index (Phi) is 3.15. The van der Waals surface area contributed by atoms with Gasteiger partial charge in [0, 0.05) is 18.0 Å². The summed E-state index contributed by atoms with van der Waals surface area (Å²) < 4.78 is 14.8. The summed E-state index contributed by atoms with van der Waals surface area (Å²) in [5, 5.41) is 8.23. The number of para-hydroxylation sites is 1. The number of anilines is 1. The smallest absolute Gasteiger partial charge is 0.256 e. The first-order valence-electron chi connectivity index (χ1n) is 7.66. The number of amides is 1. The molecule has 0 radical (unpaired) electrons. The first-order valence-corrected chi connectivity index (χ1v) is 7.66. The Balaban J connectivity index is 1.70. The fourth-order valence-corrected chi connectivity index (χ4v) is 2.96. The largest absolute Gasteiger partial charge is 0.305 e. The van der Waals surface area contributed by atoms with E-state index >= 15 is 0 Å². The predicted molar refractivity (Wildman–Crippen MR) is 87.0 cm³/mol. The van der Waals surface area contributed by atoms with Crippen LogP contribution in [0.25, 0.3) is 10.9 Å². The van der Waals surface area contributed by atoms with E-state index in [1.807, 2.05) is 23.9 Å². The van der Waals surface area contributed by atoms with Crippen molar-refractivity contribution in [2.45, 2.75) is 18.8 Å². The Hall–Kier alpha value is -2.69. The van der Waals surface area contributed by atoms with Crippen molar-refractivity contribution in [3.8, 4) is 0 Å². The molecule has 1 fully saturated rings. The monoisotopic (exact) mass is 309 g/mol. The lowest BCUT2D eigenvalue weighted by Gasteiger charge is -2.04. The molecule has 1 aliphatic rings. The highest BCUT2D eigenvalue weighted by Gasteiger charge is 2.27. The summed E-state index contributed by atoms with van der Waals surface area (Å²) in [4.78, 5) is 12.3. The van der Waals surface area contributed by atoms with Gasteiger partial charge in [-0.25, -0.2) is 4.39 Å². The predicted octanol–water partition coefficient (Wildman–Crippen LogP) is 3.84. The van der Waals surface area contributed by atoms with Gasteiger partial charge in [0.25, 0.3) is 5.91 Å². The minimum atomic E-state index is -0.362. The van der Waals surface area contributed by atoms with Gasteiger partial charge in [0.05, 0.1) is 5.52 Å². The van der Waals surface area contributed by atoms with E-state index in [0.29, 0.717) is 17.3 Å². The average Bonchev–Trinajstić information content (AvgIpc) is 3.34. The van der Waals surface area contributed by atoms with Crippen molar-refractivity contribution >= 4 is 22.6 Å². The third-order valence-corrected chi connectivity index (χ3v) is 4.25. The number of carbonyl (C=O) groups is 1. The van der Waals surface area contributed by atoms with Gasteiger partial charge in [-0.15, -0.1) is 0 Å². The Morgan fingerprint density at radius 1 is 1.22 bits per heavy atom. The maximum Gasteiger partial charge on any atom is 0.256 e. The molecule has 0 spiro atoms. The average molecular weight is 309 g/mol. The van der Waals surface area contributed by atoms with Crippen molar-refractivity contribution in [2.24, 2.45) is 7.05 Å². The van der Waals surface area contributed by atoms with Crippen molar-refractivity contribution in [2.75, 3.05) is 5.32 Å². The zero-order valence-electron chi connectivity index (χ0n) is 12.7. The minimum Gasteiger partial charge on any atom is -0.305 e. The summed E-state index contributed by atoms with van der Waals surface area (Å²) in [7, 11) is 1.89. The molecule has 5 heteroatoms. The van der Waals surface area contributed by atoms with Crippen LogP contribution in [0.3, 0.4) is 0 Å². The van der Waals surface area contributed by atoms with Crippen LogP contribution < -0.4 is 5.32 Å². The number of carbonyl (C=O) groups excluding carboxylic acids is 1. The number of rotatable bonds is 3. The standard InChI is InChI=1S/C18H16FN3O/c1-22-16-14(11-5-6-11)3-2-4-15(16)17(21-22)20-18(23)12-7-9-13(19)10-8-12/h2-4,7-11H,5-6H2,1H3,(H,20,21,23). The zero-order chi connectivity index (χ0) is 16.0. The summed E-state index contributed by atoms with van der Waals surface area (Å²) in [6.45, 7) is 0. The van der Waals surface area contributed by atoms with Crippen molar-refractivity contribution in [3.63, 3.8) is 0 Å². The molecule has 2 aromatic carbocycles. The van der Waals surface area contributed by atoms with Crippen LogP contribution in [0.1, 0.15) is 34.7 Å². The van der Waals surface area contributed by atoms with Crippen molar-refractivity contribution < 1.29 is 9.18 Å². The summed E-state index contributed by atoms with van der Waals surface area (Å²) >= 11 is 0. The van der Waals surface area contributed by atoms with Crippen LogP contribution in [0.4, 0.5) is 10.2 Å². The maximum atomic E-state index is 13.0. The third kappa shape index (κ3) is 2.48. The van der Waals surface area contributed by atoms with Crippen LogP contribution in [-0.4, -0.2) is 15.7 Å². The van der Waals surface area contributed by atoms with Gasteiger partial charge in [-0.1, -0.05) is 12.1 Å². The normalized spacial score (nSPS) is 14.2. The SMILES string of the molecule is Cn1nc(NC(=O)c2ccc(F)cc2)c2cccc(C3CC3)c21. The second-order valence-electron chi connectivity index (χ2n) is 5.95. The molecule has 1 aromatic heterocycles. The number of aryl methyl sites for hydroxylation is 1. The highest BCUT2D eigenvalue weighted by Crippen LogP contribution is 2.43. The second kappa shape index (κ2) is 5.19. The van der Waals surface area contributed by atoms with Gasteiger partial charge >= 0.3 is 0 Å². The molecule has 1 saturated carbocycles. The van der Waals surface area contributed by atoms with E-state index in [4.69, 9.17) is 0 Å². The number of nitrogens with zero attached hydrogens (tertiary/aromatic N) is 2. The fourth-order valence-electron chi connectivity index (χ4n) is 2.96. The minimum absolute atomic E-state index is 0.290. The molecule has 1 N–H and O–H groups in total. The Morgan fingerprint density at radius 2 is 1.96 bits per heavy atom. The molecule has 4 rings (SSSR count). The Labute approximate surface area is 132 Å². The van der Waals surface area contributed by atoms with E-state index in [0.717, 1.165) is 10.9 Å². The molecule has 3 aromatic rings. The van der Waals surface area contributed by atoms with Crippen LogP contribution in [0, 0.1) is 5.82 Å². The second-order valence-corrected chi connectivity index (χ2v) is 5.95. The first kappa shape index (κ1) is 13.9. The number of nitrogens with one attached hydrogen (secondary N) is 1. The van der Waals surface area contributed by atoms with E-state index in [1.165, 1.54) is 42.7 Å². The summed E-state index contributed by atoms with van der Waals surface area (Å²) in [5.74, 6) is 0.495. The number of hydrogen-bond acceptors (Lipinski definition) is 2. The fraction of sp³-hybridized carbons (Fsp3) is 0.222. The van der Waals surface area contributed by atoms with E-state index in [2.05, 4.69) is 16.5 Å². The van der Waals surface area contributed by atoms with E-state index in [-0.39, 0.29) is 11.7 Å². The van der Waals surface area contributed by atoms with E-state index < -0.39 is 0 Å². The lowest BCUT2D eigenvalue weighted by molar-refractivity contribution is 0.102. The summed E-state index contributed by atoms with van der Waals surface area (Å²) in [5.41, 5.74) is 2.77. The summed E-state index contributed by atoms with van der Waals surface area (Å²) in [6.07, 6.45) is 2.42. The molecule has 1 amide bonds. The van der Waals surface area contributed by atoms with Gasteiger partial charge in [0.2, 0.25) is 0 Å². The molecule has 1 heterocycles. The number of fused-ring (bicyclic) bond motifs is 1. The van der Waals surface area contributed by atoms with Gasteiger partial charge in [-0.05, 0) is 54.7 Å². The van der Waals surface area contributed by atoms with Gasteiger partial charge in [0.1, 0.15) is 5.82 Å². The maximum absolute atomic E-state index is 13.0. The molecule has 0 atom stereocenters. The van der Waals surface area contributed by atoms with Gasteiger partial charge < -0.3 is 5.32 Å². The highest BCUT2D eigenvalue weighted by atomic mass is 19.1. The number of benzene rings is 2. The molecule has 4 nitrogen and oxygen atoms in total. The van der Waals surface area contributed by atoms with E-state index in [9.17, 15) is 9.18 Å². The molecule has 0 bridgehead atoms. The molecule has 0 saturated heterocycles. The Morgan fingerprint density at radius 3 is 2.65 bits per heavy atom. The number of halogens is 1. The van der Waals surface area contributed by atoms with Crippen molar-refractivity contribution in [1.29, 1.82) is 0 Å². The quantitative estimate of drug-likeness (QED) is 0.799. The van der Waals surface area contributed by atoms with Crippen molar-refractivity contribution in [3.05, 3.63) is 59.4 Å². The molecular weight excluding hydrogens is 293 g/mol. The molecule has 1 aliphatic carbocycles. The first-order chi connectivity index (χ1) is 11.1. The van der Waals surface area contributed by atoms with Gasteiger partial charge in [0.15, 0.2) is 5.82 Å². The van der Waals surface area contributed by atoms with E-state index in [1.54, 1.807) is 0 Å². The molecule has 23 heavy (non-hydrogen) atoms. The zero-order valence-corrected chi connectivity index (χ0v) is 12.7. The lowest BCUT2D eigenvalue weighted by atomic mass is 10.1. The van der Waals surface area contributed by atoms with Crippen molar-refractivity contribution in [1.82, 2.24) is 9.78 Å². The Bertz CT molecular complexity index is 895. The van der Waals surface area contributed by atoms with Crippen LogP contribution in [0.2, 0.25) is 0 Å². The molecular formula is C18H16FN3O. The van der Waals surface area contributed by atoms with Crippen LogP contribution in [-0.2, 0) is 7.05 Å². The number of aromatic nitrogens is 2. The number of hydrogen-bond donors (Lipinski definition) is 1. The lowest BCUT2D eigenvalue weighted by Crippen LogP contribution is -2.12. The molecule has 0 aliphatic heterocycles. The molecule has 116 valence electrons. The van der Waals surface area contributed by atoms with Crippen LogP contribution in [0.5, 0.6) is 0 Å². The van der Waals surface area contributed by atoms with Crippen LogP contribution in [0.15, 0.2) is 42.5 Å². The third-order valence-electron chi connectivity index (χ3n) is 4.25. The van der Waals surface area contributed by atoms with Crippen LogP contribution >= 0.6 is 0 Å². The summed E-state index contributed by atoms with van der Waals surface area (Å²) in [6, 6.07) is 11.6. The molecule has 0 unspecified atom stereocenters. The van der Waals surface area contributed by atoms with Gasteiger partial charge in [-0.2, -0.15) is 5.10 Å². The highest BCUT2D eigenvalue weighted by molar-refractivity contribution is 6.08. The van der Waals surface area contributed by atoms with Gasteiger partial charge in [-0.3, -0.25) is 9.48 Å².